The van der Waals surface area contributed by atoms with Gasteiger partial charge >= 0.3 is 12.1 Å². The lowest BCUT2D eigenvalue weighted by molar-refractivity contribution is 0.109. The van der Waals surface area contributed by atoms with E-state index in [4.69, 9.17) is 0 Å². The molecule has 0 unspecified atom stereocenters. The fourth-order valence-corrected chi connectivity index (χ4v) is 0.565. The Hall–Kier alpha value is -0.710. The van der Waals surface area contributed by atoms with Gasteiger partial charge in [0.25, 0.3) is 0 Å². The smallest absolute Gasteiger partial charge is 0.342 e. The van der Waals surface area contributed by atoms with Crippen LogP contribution >= 0.6 is 0 Å². The van der Waals surface area contributed by atoms with E-state index in [9.17, 15) is 13.2 Å². The quantitative estimate of drug-likeness (QED) is 0.466. The predicted octanol–water partition coefficient (Wildman–Crippen LogP) is 2.46. The molecule has 0 aliphatic rings. The van der Waals surface area contributed by atoms with Crippen LogP contribution in [0.5, 0.6) is 0 Å². The molecule has 0 spiro atoms. The van der Waals surface area contributed by atoms with Gasteiger partial charge in [-0.3, -0.25) is 0 Å². The molecule has 5 heteroatoms. The number of rotatable bonds is 6. The third kappa shape index (κ3) is 6.03. The van der Waals surface area contributed by atoms with Gasteiger partial charge in [-0.2, -0.15) is 13.2 Å². The van der Waals surface area contributed by atoms with Gasteiger partial charge in [-0.15, -0.1) is 0 Å². The number of unbranched alkanes of at least 4 members (excludes halogenated alkanes) is 1. The van der Waals surface area contributed by atoms with Crippen molar-refractivity contribution in [2.75, 3.05) is 20.3 Å². The SMILES string of the molecule is COCCCCOC(F)=C(F)F. The molecule has 0 saturated carbocycles. The number of halogens is 3. The van der Waals surface area contributed by atoms with Crippen molar-refractivity contribution in [3.63, 3.8) is 0 Å². The van der Waals surface area contributed by atoms with Crippen molar-refractivity contribution in [2.24, 2.45) is 0 Å². The summed E-state index contributed by atoms with van der Waals surface area (Å²) < 4.78 is 43.4. The molecular weight excluding hydrogens is 173 g/mol. The molecule has 0 fully saturated rings. The average Bonchev–Trinajstić information content (AvgIpc) is 2.03. The van der Waals surface area contributed by atoms with Crippen molar-refractivity contribution in [2.45, 2.75) is 12.8 Å². The fraction of sp³-hybridized carbons (Fsp3) is 0.714. The Balaban J connectivity index is 3.26. The van der Waals surface area contributed by atoms with E-state index < -0.39 is 12.1 Å². The lowest BCUT2D eigenvalue weighted by Gasteiger charge is -2.01. The normalized spacial score (nSPS) is 9.67. The predicted molar refractivity (Wildman–Crippen MR) is 37.4 cm³/mol. The average molecular weight is 184 g/mol. The fourth-order valence-electron chi connectivity index (χ4n) is 0.565. The maximum Gasteiger partial charge on any atom is 0.342 e. The highest BCUT2D eigenvalue weighted by Crippen LogP contribution is 2.10. The van der Waals surface area contributed by atoms with Gasteiger partial charge in [0, 0.05) is 13.7 Å². The third-order valence-corrected chi connectivity index (χ3v) is 1.12. The molecule has 0 aromatic heterocycles. The van der Waals surface area contributed by atoms with Crippen molar-refractivity contribution in [1.29, 1.82) is 0 Å². The Kier molecular flexibility index (Phi) is 6.55. The van der Waals surface area contributed by atoms with Crippen LogP contribution in [0.3, 0.4) is 0 Å². The van der Waals surface area contributed by atoms with E-state index in [-0.39, 0.29) is 6.61 Å². The molecule has 0 aromatic carbocycles. The second-order valence-electron chi connectivity index (χ2n) is 2.08. The number of hydrogen-bond acceptors (Lipinski definition) is 2. The summed E-state index contributed by atoms with van der Waals surface area (Å²) in [5, 5.41) is 0. The van der Waals surface area contributed by atoms with E-state index in [1.54, 1.807) is 0 Å². The van der Waals surface area contributed by atoms with Gasteiger partial charge in [0.05, 0.1) is 6.61 Å². The molecule has 0 bridgehead atoms. The van der Waals surface area contributed by atoms with Crippen LogP contribution in [0.25, 0.3) is 0 Å². The van der Waals surface area contributed by atoms with Crippen molar-refractivity contribution < 1.29 is 22.6 Å². The molecule has 0 aliphatic carbocycles. The molecule has 0 aromatic rings. The standard InChI is InChI=1S/C7H11F3O2/c1-11-4-2-3-5-12-7(10)6(8)9/h2-5H2,1H3. The van der Waals surface area contributed by atoms with Gasteiger partial charge in [-0.1, -0.05) is 0 Å². The molecule has 0 saturated heterocycles. The molecule has 0 amide bonds. The van der Waals surface area contributed by atoms with Crippen LogP contribution in [0.15, 0.2) is 12.1 Å². The highest BCUT2D eigenvalue weighted by molar-refractivity contribution is 4.80. The summed E-state index contributed by atoms with van der Waals surface area (Å²) in [4.78, 5) is 0. The number of hydrogen-bond donors (Lipinski definition) is 0. The third-order valence-electron chi connectivity index (χ3n) is 1.12. The summed E-state index contributed by atoms with van der Waals surface area (Å²) in [5.41, 5.74) is 0. The van der Waals surface area contributed by atoms with E-state index in [0.29, 0.717) is 19.4 Å². The monoisotopic (exact) mass is 184 g/mol. The molecule has 0 atom stereocenters. The lowest BCUT2D eigenvalue weighted by atomic mass is 10.3. The Morgan fingerprint density at radius 3 is 2.17 bits per heavy atom. The molecule has 2 nitrogen and oxygen atoms in total. The zero-order valence-corrected chi connectivity index (χ0v) is 6.78. The first-order valence-corrected chi connectivity index (χ1v) is 3.51. The van der Waals surface area contributed by atoms with E-state index in [1.165, 1.54) is 7.11 Å². The summed E-state index contributed by atoms with van der Waals surface area (Å²) >= 11 is 0. The summed E-state index contributed by atoms with van der Waals surface area (Å²) in [6.07, 6.45) is -1.26. The highest BCUT2D eigenvalue weighted by atomic mass is 19.3. The molecule has 0 rings (SSSR count). The second-order valence-corrected chi connectivity index (χ2v) is 2.08. The molecule has 12 heavy (non-hydrogen) atoms. The molecule has 0 N–H and O–H groups in total. The number of methoxy groups -OCH3 is 1. The second kappa shape index (κ2) is 6.97. The highest BCUT2D eigenvalue weighted by Gasteiger charge is 2.04. The van der Waals surface area contributed by atoms with Crippen molar-refractivity contribution in [1.82, 2.24) is 0 Å². The van der Waals surface area contributed by atoms with Crippen LogP contribution in [0, 0.1) is 0 Å². The van der Waals surface area contributed by atoms with Gasteiger partial charge in [0.1, 0.15) is 0 Å². The minimum Gasteiger partial charge on any atom is -0.467 e. The van der Waals surface area contributed by atoms with E-state index in [1.807, 2.05) is 0 Å². The van der Waals surface area contributed by atoms with Crippen LogP contribution in [0.1, 0.15) is 12.8 Å². The zero-order chi connectivity index (χ0) is 9.40. The van der Waals surface area contributed by atoms with Crippen LogP contribution in [-0.2, 0) is 9.47 Å². The first-order chi connectivity index (χ1) is 5.68. The zero-order valence-electron chi connectivity index (χ0n) is 6.78. The summed E-state index contributed by atoms with van der Waals surface area (Å²) in [6.45, 7) is 0.472. The Bertz CT molecular complexity index is 144. The van der Waals surface area contributed by atoms with E-state index in [2.05, 4.69) is 9.47 Å². The first-order valence-electron chi connectivity index (χ1n) is 3.51. The van der Waals surface area contributed by atoms with Crippen molar-refractivity contribution in [3.05, 3.63) is 12.1 Å². The lowest BCUT2D eigenvalue weighted by Crippen LogP contribution is -1.95. The maximum atomic E-state index is 11.9. The van der Waals surface area contributed by atoms with Crippen LogP contribution < -0.4 is 0 Å². The summed E-state index contributed by atoms with van der Waals surface area (Å²) in [7, 11) is 1.53. The van der Waals surface area contributed by atoms with E-state index >= 15 is 0 Å². The topological polar surface area (TPSA) is 18.5 Å². The molecule has 0 heterocycles. The molecule has 0 aliphatic heterocycles. The minimum atomic E-state index is -2.42. The van der Waals surface area contributed by atoms with Crippen LogP contribution in [0.4, 0.5) is 13.2 Å². The van der Waals surface area contributed by atoms with Gasteiger partial charge in [-0.05, 0) is 12.8 Å². The van der Waals surface area contributed by atoms with Gasteiger partial charge in [0.2, 0.25) is 0 Å². The summed E-state index contributed by atoms with van der Waals surface area (Å²) in [6, 6.07) is -1.78. The Labute approximate surface area is 69.0 Å². The molecular formula is C7H11F3O2. The summed E-state index contributed by atoms with van der Waals surface area (Å²) in [5.74, 6) is 0. The number of ether oxygens (including phenoxy) is 2. The molecule has 72 valence electrons. The van der Waals surface area contributed by atoms with Crippen molar-refractivity contribution >= 4 is 0 Å². The van der Waals surface area contributed by atoms with Gasteiger partial charge in [0.15, 0.2) is 0 Å². The first kappa shape index (κ1) is 11.3. The van der Waals surface area contributed by atoms with E-state index in [0.717, 1.165) is 0 Å². The van der Waals surface area contributed by atoms with Crippen molar-refractivity contribution in [3.8, 4) is 0 Å². The minimum absolute atomic E-state index is 0.0491. The van der Waals surface area contributed by atoms with Gasteiger partial charge < -0.3 is 9.47 Å². The maximum absolute atomic E-state index is 11.9. The van der Waals surface area contributed by atoms with Crippen LogP contribution in [-0.4, -0.2) is 20.3 Å². The molecule has 0 radical (unpaired) electrons. The van der Waals surface area contributed by atoms with Crippen LogP contribution in [0.2, 0.25) is 0 Å². The Morgan fingerprint density at radius 1 is 1.08 bits per heavy atom. The Morgan fingerprint density at radius 2 is 1.67 bits per heavy atom. The largest absolute Gasteiger partial charge is 0.467 e. The van der Waals surface area contributed by atoms with Gasteiger partial charge in [-0.25, -0.2) is 0 Å².